The molecule has 0 bridgehead atoms. The van der Waals surface area contributed by atoms with Crippen molar-refractivity contribution in [2.45, 2.75) is 52.0 Å². The van der Waals surface area contributed by atoms with E-state index in [1.54, 1.807) is 36.4 Å². The minimum atomic E-state index is -1.21. The Morgan fingerprint density at radius 2 is 1.68 bits per heavy atom. The van der Waals surface area contributed by atoms with Crippen LogP contribution in [0.3, 0.4) is 0 Å². The highest BCUT2D eigenvalue weighted by molar-refractivity contribution is 6.32. The number of likely N-dealkylation sites (tertiary alicyclic amines) is 1. The van der Waals surface area contributed by atoms with Crippen molar-refractivity contribution in [2.24, 2.45) is 29.1 Å². The number of para-hydroxylation sites is 1. The van der Waals surface area contributed by atoms with E-state index in [0.29, 0.717) is 17.7 Å². The molecule has 4 amide bonds. The van der Waals surface area contributed by atoms with E-state index in [-0.39, 0.29) is 46.6 Å². The van der Waals surface area contributed by atoms with Crippen molar-refractivity contribution in [1.82, 2.24) is 4.90 Å². The Bertz CT molecular complexity index is 1530. The third kappa shape index (κ3) is 3.72. The minimum Gasteiger partial charge on any atom is -0.503 e. The lowest BCUT2D eigenvalue weighted by Crippen LogP contribution is -2.49. The molecule has 2 aromatic rings. The zero-order valence-corrected chi connectivity index (χ0v) is 24.4. The van der Waals surface area contributed by atoms with Gasteiger partial charge in [0.15, 0.2) is 11.5 Å². The van der Waals surface area contributed by atoms with Gasteiger partial charge in [-0.1, -0.05) is 41.4 Å². The number of rotatable bonds is 3. The maximum absolute atomic E-state index is 14.4. The van der Waals surface area contributed by atoms with Gasteiger partial charge in [-0.2, -0.15) is 0 Å². The van der Waals surface area contributed by atoms with E-state index in [4.69, 9.17) is 16.3 Å². The van der Waals surface area contributed by atoms with Crippen molar-refractivity contribution in [3.8, 4) is 11.5 Å². The zero-order valence-electron chi connectivity index (χ0n) is 23.7. The Morgan fingerprint density at radius 3 is 2.32 bits per heavy atom. The Morgan fingerprint density at radius 1 is 1.00 bits per heavy atom. The number of carbonyl (C=O) groups is 4. The van der Waals surface area contributed by atoms with Crippen LogP contribution in [0.1, 0.15) is 52.0 Å². The minimum absolute atomic E-state index is 0.0543. The lowest BCUT2D eigenvalue weighted by Gasteiger charge is -2.49. The number of anilines is 1. The molecule has 0 spiro atoms. The van der Waals surface area contributed by atoms with Gasteiger partial charge in [0.25, 0.3) is 0 Å². The number of benzene rings is 2. The quantitative estimate of drug-likeness (QED) is 0.403. The molecule has 1 N–H and O–H groups in total. The number of nitrogens with zero attached hydrogens (tertiary/aromatic N) is 2. The van der Waals surface area contributed by atoms with Gasteiger partial charge in [0.05, 0.1) is 41.0 Å². The van der Waals surface area contributed by atoms with Crippen LogP contribution in [-0.4, -0.2) is 46.3 Å². The Kier molecular flexibility index (Phi) is 6.16. The number of allylic oxidation sites excluding steroid dienone is 2. The van der Waals surface area contributed by atoms with Gasteiger partial charge in [0, 0.05) is 11.5 Å². The van der Waals surface area contributed by atoms with E-state index < -0.39 is 40.5 Å². The van der Waals surface area contributed by atoms with Crippen molar-refractivity contribution in [3.05, 3.63) is 64.7 Å². The molecule has 6 rings (SSSR count). The monoisotopic (exact) mass is 576 g/mol. The number of amides is 4. The normalized spacial score (nSPS) is 31.2. The predicted octanol–water partition coefficient (Wildman–Crippen LogP) is 5.08. The summed E-state index contributed by atoms with van der Waals surface area (Å²) in [6.07, 6.45) is 2.62. The Balaban J connectivity index is 1.55. The summed E-state index contributed by atoms with van der Waals surface area (Å²) in [6.45, 7) is 7.34. The van der Waals surface area contributed by atoms with Crippen LogP contribution >= 0.6 is 11.6 Å². The lowest BCUT2D eigenvalue weighted by atomic mass is 9.51. The highest BCUT2D eigenvalue weighted by Crippen LogP contribution is 2.64. The number of methoxy groups -OCH3 is 1. The standard InChI is InChI=1S/C32H33ClN2O6/c1-31(2,3)35-27(37)19-12-11-18-20(24(19)29(35)39)15-21-28(38)34(17-9-7-6-8-10-17)30(40)32(21,4)25(18)16-13-22(33)26(36)23(14-16)41-5/h6-11,13-14,19-21,24-25,36H,12,15H2,1-5H3/t19-,20+,21-,24-,25-,32+/m0/s1. The van der Waals surface area contributed by atoms with Gasteiger partial charge < -0.3 is 9.84 Å². The number of imide groups is 2. The summed E-state index contributed by atoms with van der Waals surface area (Å²) < 4.78 is 5.41. The van der Waals surface area contributed by atoms with Gasteiger partial charge in [-0.05, 0) is 76.3 Å². The fourth-order valence-electron chi connectivity index (χ4n) is 7.80. The van der Waals surface area contributed by atoms with Crippen molar-refractivity contribution in [1.29, 1.82) is 0 Å². The Labute approximate surface area is 243 Å². The van der Waals surface area contributed by atoms with Crippen LogP contribution in [0.2, 0.25) is 5.02 Å². The van der Waals surface area contributed by atoms with Gasteiger partial charge in [-0.3, -0.25) is 24.1 Å². The molecule has 2 aromatic carbocycles. The van der Waals surface area contributed by atoms with E-state index in [1.807, 2.05) is 39.8 Å². The second-order valence-corrected chi connectivity index (χ2v) is 13.1. The number of halogens is 1. The van der Waals surface area contributed by atoms with Gasteiger partial charge in [-0.15, -0.1) is 0 Å². The number of phenols is 1. The van der Waals surface area contributed by atoms with Crippen LogP contribution in [0, 0.1) is 29.1 Å². The van der Waals surface area contributed by atoms with Gasteiger partial charge in [-0.25, -0.2) is 4.90 Å². The van der Waals surface area contributed by atoms with E-state index in [0.717, 1.165) is 5.57 Å². The number of hydrogen-bond donors (Lipinski definition) is 1. The molecule has 0 aromatic heterocycles. The summed E-state index contributed by atoms with van der Waals surface area (Å²) in [4.78, 5) is 58.6. The molecular formula is C32H33ClN2O6. The van der Waals surface area contributed by atoms with E-state index in [1.165, 1.54) is 16.9 Å². The molecular weight excluding hydrogens is 544 g/mol. The molecule has 9 heteroatoms. The molecule has 0 radical (unpaired) electrons. The summed E-state index contributed by atoms with van der Waals surface area (Å²) in [5.74, 6) is -4.12. The van der Waals surface area contributed by atoms with Crippen LogP contribution in [0.5, 0.6) is 11.5 Å². The number of aromatic hydroxyl groups is 1. The second-order valence-electron chi connectivity index (χ2n) is 12.7. The molecule has 41 heavy (non-hydrogen) atoms. The van der Waals surface area contributed by atoms with Crippen LogP contribution in [-0.2, 0) is 19.2 Å². The number of ether oxygens (including phenoxy) is 1. The average Bonchev–Trinajstić information content (AvgIpc) is 3.30. The summed E-state index contributed by atoms with van der Waals surface area (Å²) in [5.41, 5.74) is 0.0471. The third-order valence-electron chi connectivity index (χ3n) is 9.56. The lowest BCUT2D eigenvalue weighted by molar-refractivity contribution is -0.145. The number of fused-ring (bicyclic) bond motifs is 4. The van der Waals surface area contributed by atoms with Crippen LogP contribution < -0.4 is 9.64 Å². The van der Waals surface area contributed by atoms with Crippen molar-refractivity contribution >= 4 is 40.9 Å². The van der Waals surface area contributed by atoms with Crippen molar-refractivity contribution in [2.75, 3.05) is 12.0 Å². The van der Waals surface area contributed by atoms with E-state index >= 15 is 0 Å². The fourth-order valence-corrected chi connectivity index (χ4v) is 8.01. The average molecular weight is 577 g/mol. The molecule has 2 saturated heterocycles. The zero-order chi connectivity index (χ0) is 29.6. The first-order valence-electron chi connectivity index (χ1n) is 13.9. The summed E-state index contributed by atoms with van der Waals surface area (Å²) in [5, 5.41) is 10.5. The summed E-state index contributed by atoms with van der Waals surface area (Å²) >= 11 is 6.45. The third-order valence-corrected chi connectivity index (χ3v) is 9.85. The number of carbonyl (C=O) groups excluding carboxylic acids is 4. The van der Waals surface area contributed by atoms with Gasteiger partial charge in [0.2, 0.25) is 23.6 Å². The molecule has 4 aliphatic rings. The largest absolute Gasteiger partial charge is 0.503 e. The Hall–Kier alpha value is -3.65. The molecule has 6 atom stereocenters. The SMILES string of the molecule is COc1cc([C@H]2C3=CC[C@@H]4C(=O)N(C(C)(C)C)C(=O)[C@@H]4[C@@H]3C[C@H]3C(=O)N(c4ccccc4)C(=O)[C@@]23C)cc(Cl)c1O. The van der Waals surface area contributed by atoms with Crippen LogP contribution in [0.25, 0.3) is 0 Å². The molecule has 8 nitrogen and oxygen atoms in total. The molecule has 3 fully saturated rings. The fraction of sp³-hybridized carbons (Fsp3) is 0.438. The molecule has 2 aliphatic heterocycles. The topological polar surface area (TPSA) is 104 Å². The maximum Gasteiger partial charge on any atom is 0.241 e. The molecule has 214 valence electrons. The maximum atomic E-state index is 14.4. The van der Waals surface area contributed by atoms with E-state index in [2.05, 4.69) is 0 Å². The predicted molar refractivity (Wildman–Crippen MR) is 152 cm³/mol. The first kappa shape index (κ1) is 27.5. The molecule has 2 aliphatic carbocycles. The summed E-state index contributed by atoms with van der Waals surface area (Å²) in [6, 6.07) is 12.1. The smallest absolute Gasteiger partial charge is 0.241 e. The van der Waals surface area contributed by atoms with Crippen LogP contribution in [0.15, 0.2) is 54.1 Å². The van der Waals surface area contributed by atoms with Gasteiger partial charge in [0.1, 0.15) is 0 Å². The summed E-state index contributed by atoms with van der Waals surface area (Å²) in [7, 11) is 1.42. The second kappa shape index (κ2) is 9.18. The van der Waals surface area contributed by atoms with E-state index in [9.17, 15) is 24.3 Å². The highest BCUT2D eigenvalue weighted by atomic mass is 35.5. The highest BCUT2D eigenvalue weighted by Gasteiger charge is 2.68. The number of hydrogen-bond acceptors (Lipinski definition) is 6. The van der Waals surface area contributed by atoms with Gasteiger partial charge >= 0.3 is 0 Å². The van der Waals surface area contributed by atoms with Crippen molar-refractivity contribution in [3.63, 3.8) is 0 Å². The number of phenolic OH excluding ortho intramolecular Hbond substituents is 1. The van der Waals surface area contributed by atoms with Crippen LogP contribution in [0.4, 0.5) is 5.69 Å². The molecule has 0 unspecified atom stereocenters. The molecule has 2 heterocycles. The first-order chi connectivity index (χ1) is 19.3. The molecule has 1 saturated carbocycles. The van der Waals surface area contributed by atoms with Crippen molar-refractivity contribution < 1.29 is 29.0 Å². The first-order valence-corrected chi connectivity index (χ1v) is 14.3.